The van der Waals surface area contributed by atoms with Crippen molar-refractivity contribution in [2.45, 2.75) is 0 Å². The second kappa shape index (κ2) is 8.86. The Morgan fingerprint density at radius 3 is 1.75 bits per heavy atom. The SMILES string of the molecule is O=C[O-].[Rb+]. The van der Waals surface area contributed by atoms with Crippen LogP contribution in [0.15, 0.2) is 0 Å². The van der Waals surface area contributed by atoms with Crippen molar-refractivity contribution in [3.63, 3.8) is 0 Å². The molecule has 0 radical (unpaired) electrons. The van der Waals surface area contributed by atoms with Crippen molar-refractivity contribution in [3.8, 4) is 0 Å². The Morgan fingerprint density at radius 1 is 1.75 bits per heavy atom. The Hall–Kier alpha value is 1.28. The van der Waals surface area contributed by atoms with E-state index in [1.54, 1.807) is 0 Å². The third-order valence-electron chi connectivity index (χ3n) is 0. The van der Waals surface area contributed by atoms with Crippen molar-refractivity contribution < 1.29 is 68.1 Å². The third kappa shape index (κ3) is 10.4. The van der Waals surface area contributed by atoms with Gasteiger partial charge in [0.15, 0.2) is 0 Å². The molecule has 0 aliphatic rings. The van der Waals surface area contributed by atoms with Crippen molar-refractivity contribution in [2.24, 2.45) is 0 Å². The van der Waals surface area contributed by atoms with Crippen LogP contribution >= 0.6 is 0 Å². The maximum Gasteiger partial charge on any atom is 1.00 e. The van der Waals surface area contributed by atoms with Gasteiger partial charge in [-0.1, -0.05) is 0 Å². The van der Waals surface area contributed by atoms with E-state index < -0.39 is 6.47 Å². The van der Waals surface area contributed by atoms with Crippen LogP contribution in [-0.2, 0) is 4.79 Å². The number of carbonyl (C=O) groups is 1. The van der Waals surface area contributed by atoms with Gasteiger partial charge >= 0.3 is 58.2 Å². The first-order chi connectivity index (χ1) is 1.41. The zero-order valence-electron chi connectivity index (χ0n) is 2.39. The van der Waals surface area contributed by atoms with Crippen LogP contribution in [0.5, 0.6) is 0 Å². The molecule has 0 aromatic rings. The Balaban J connectivity index is 0. The van der Waals surface area contributed by atoms with E-state index >= 15 is 0 Å². The zero-order valence-corrected chi connectivity index (χ0v) is 7.31. The van der Waals surface area contributed by atoms with E-state index in [9.17, 15) is 0 Å². The van der Waals surface area contributed by atoms with E-state index in [1.165, 1.54) is 0 Å². The van der Waals surface area contributed by atoms with Crippen molar-refractivity contribution in [1.29, 1.82) is 0 Å². The standard InChI is InChI=1S/CH2O2.Rb/c2-1-3;/h1H,(H,2,3);/q;+1/p-1. The summed E-state index contributed by atoms with van der Waals surface area (Å²) in [7, 11) is 0. The van der Waals surface area contributed by atoms with Gasteiger partial charge in [-0.3, -0.25) is 0 Å². The molecule has 3 heteroatoms. The van der Waals surface area contributed by atoms with Gasteiger partial charge in [0.05, 0.1) is 0 Å². The Morgan fingerprint density at radius 2 is 1.75 bits per heavy atom. The van der Waals surface area contributed by atoms with Gasteiger partial charge in [-0.2, -0.15) is 0 Å². The fourth-order valence-electron chi connectivity index (χ4n) is 0. The molecule has 0 saturated heterocycles. The molecule has 0 heterocycles. The summed E-state index contributed by atoms with van der Waals surface area (Å²) in [4.78, 5) is 8.25. The van der Waals surface area contributed by atoms with Crippen LogP contribution in [0.2, 0.25) is 0 Å². The van der Waals surface area contributed by atoms with E-state index in [4.69, 9.17) is 9.90 Å². The van der Waals surface area contributed by atoms with Gasteiger partial charge in [-0.25, -0.2) is 0 Å². The number of hydrogen-bond donors (Lipinski definition) is 0. The van der Waals surface area contributed by atoms with Gasteiger partial charge in [0.25, 0.3) is 0 Å². The summed E-state index contributed by atoms with van der Waals surface area (Å²) in [6.45, 7) is -0.500. The van der Waals surface area contributed by atoms with Crippen LogP contribution in [0.3, 0.4) is 0 Å². The van der Waals surface area contributed by atoms with Crippen molar-refractivity contribution in [1.82, 2.24) is 0 Å². The predicted molar refractivity (Wildman–Crippen MR) is 6.06 cm³/mol. The molecule has 0 aromatic heterocycles. The molecule has 0 aliphatic carbocycles. The average molecular weight is 130 g/mol. The monoisotopic (exact) mass is 130 g/mol. The van der Waals surface area contributed by atoms with Crippen LogP contribution in [-0.4, -0.2) is 6.47 Å². The van der Waals surface area contributed by atoms with Gasteiger partial charge < -0.3 is 9.90 Å². The smallest absolute Gasteiger partial charge is 0.554 e. The number of carboxylic acid groups (broad SMARTS) is 1. The number of hydrogen-bond acceptors (Lipinski definition) is 2. The van der Waals surface area contributed by atoms with Crippen molar-refractivity contribution >= 4 is 6.47 Å². The first kappa shape index (κ1) is 8.99. The maximum absolute atomic E-state index is 8.25. The quantitative estimate of drug-likeness (QED) is 0.310. The minimum atomic E-state index is -0.500. The van der Waals surface area contributed by atoms with Crippen LogP contribution < -0.4 is 63.3 Å². The van der Waals surface area contributed by atoms with Crippen LogP contribution in [0, 0.1) is 0 Å². The summed E-state index contributed by atoms with van der Waals surface area (Å²) in [5.74, 6) is 0. The fourth-order valence-corrected chi connectivity index (χ4v) is 0. The molecule has 0 aliphatic heterocycles. The number of carbonyl (C=O) groups excluding carboxylic acids is 1. The summed E-state index contributed by atoms with van der Waals surface area (Å²) in [5, 5.41) is 8.25. The third-order valence-corrected chi connectivity index (χ3v) is 0. The predicted octanol–water partition coefficient (Wildman–Crippen LogP) is -4.63. The van der Waals surface area contributed by atoms with E-state index in [0.29, 0.717) is 0 Å². The van der Waals surface area contributed by atoms with Crippen molar-refractivity contribution in [2.75, 3.05) is 0 Å². The summed E-state index contributed by atoms with van der Waals surface area (Å²) in [6.07, 6.45) is 0. The molecular formula is CHO2Rb. The minimum absolute atomic E-state index is 0. The summed E-state index contributed by atoms with van der Waals surface area (Å²) in [6, 6.07) is 0. The van der Waals surface area contributed by atoms with Gasteiger partial charge in [-0.15, -0.1) is 0 Å². The first-order valence-electron chi connectivity index (χ1n) is 0.471. The van der Waals surface area contributed by atoms with E-state index in [2.05, 4.69) is 0 Å². The second-order valence-electron chi connectivity index (χ2n) is 0.0962. The molecule has 0 N–H and O–H groups in total. The van der Waals surface area contributed by atoms with Crippen LogP contribution in [0.25, 0.3) is 0 Å². The van der Waals surface area contributed by atoms with Gasteiger partial charge in [0, 0.05) is 6.47 Å². The molecule has 0 atom stereocenters. The average Bonchev–Trinajstić information content (AvgIpc) is 0.918. The molecular weight excluding hydrogens is 129 g/mol. The maximum atomic E-state index is 8.25. The summed E-state index contributed by atoms with van der Waals surface area (Å²) < 4.78 is 0. The summed E-state index contributed by atoms with van der Waals surface area (Å²) in [5.41, 5.74) is 0. The normalized spacial score (nSPS) is 3.00. The number of rotatable bonds is 0. The molecule has 4 heavy (non-hydrogen) atoms. The first-order valence-corrected chi connectivity index (χ1v) is 0.471. The Kier molecular flexibility index (Phi) is 19.9. The molecule has 18 valence electrons. The van der Waals surface area contributed by atoms with Crippen molar-refractivity contribution in [3.05, 3.63) is 0 Å². The zero-order chi connectivity index (χ0) is 2.71. The summed E-state index contributed by atoms with van der Waals surface area (Å²) >= 11 is 0. The van der Waals surface area contributed by atoms with Gasteiger partial charge in [-0.05, 0) is 0 Å². The molecule has 0 fully saturated rings. The molecule has 0 unspecified atom stereocenters. The Labute approximate surface area is 73.0 Å². The molecule has 0 amide bonds. The van der Waals surface area contributed by atoms with Gasteiger partial charge in [0.1, 0.15) is 0 Å². The Bertz CT molecular complexity index is 13.5. The molecule has 0 bridgehead atoms. The van der Waals surface area contributed by atoms with E-state index in [0.717, 1.165) is 0 Å². The molecule has 2 nitrogen and oxygen atoms in total. The topological polar surface area (TPSA) is 40.1 Å². The van der Waals surface area contributed by atoms with Crippen LogP contribution in [0.4, 0.5) is 0 Å². The van der Waals surface area contributed by atoms with Crippen LogP contribution in [0.1, 0.15) is 0 Å². The molecule has 0 spiro atoms. The van der Waals surface area contributed by atoms with E-state index in [-0.39, 0.29) is 58.2 Å². The second-order valence-corrected chi connectivity index (χ2v) is 0.0962. The molecule has 0 rings (SSSR count). The fraction of sp³-hybridized carbons (Fsp3) is 0. The van der Waals surface area contributed by atoms with Gasteiger partial charge in [0.2, 0.25) is 0 Å². The van der Waals surface area contributed by atoms with E-state index in [1.807, 2.05) is 0 Å². The minimum Gasteiger partial charge on any atom is -0.554 e. The molecule has 0 aromatic carbocycles. The molecule has 0 saturated carbocycles. The largest absolute Gasteiger partial charge is 1.00 e.